The monoisotopic (exact) mass is 400 g/mol. The summed E-state index contributed by atoms with van der Waals surface area (Å²) in [6, 6.07) is 13.0. The Bertz CT molecular complexity index is 1080. The number of benzene rings is 2. The largest absolute Gasteiger partial charge is 0.469 e. The van der Waals surface area contributed by atoms with Crippen LogP contribution in [0.25, 0.3) is 5.69 Å². The smallest absolute Gasteiger partial charge is 0.313 e. The van der Waals surface area contributed by atoms with E-state index in [-0.39, 0.29) is 6.42 Å². The molecule has 6 nitrogen and oxygen atoms in total. The van der Waals surface area contributed by atoms with E-state index < -0.39 is 5.97 Å². The van der Waals surface area contributed by atoms with Crippen LogP contribution in [0, 0.1) is 0 Å². The number of aliphatic imine (C=N–C) groups is 1. The number of esters is 1. The first-order valence-electron chi connectivity index (χ1n) is 8.18. The van der Waals surface area contributed by atoms with Gasteiger partial charge in [-0.1, -0.05) is 41.4 Å². The number of hydrogen-bond acceptors (Lipinski definition) is 5. The van der Waals surface area contributed by atoms with Gasteiger partial charge in [-0.2, -0.15) is 0 Å². The molecule has 0 spiro atoms. The van der Waals surface area contributed by atoms with Crippen molar-refractivity contribution in [1.82, 2.24) is 14.8 Å². The molecule has 0 fully saturated rings. The lowest BCUT2D eigenvalue weighted by Gasteiger charge is -2.14. The standard InChI is InChI=1S/C19H14Cl2N4O2/c1-27-18(26)9-16-23-24-17-10-22-19(12-4-2-3-5-14(12)21)13-8-11(20)6-7-15(13)25(16)17/h2-8H,9-10H2,1H3. The van der Waals surface area contributed by atoms with Gasteiger partial charge in [0.1, 0.15) is 18.8 Å². The summed E-state index contributed by atoms with van der Waals surface area (Å²) in [5.41, 5.74) is 3.10. The molecule has 0 saturated heterocycles. The number of carbonyl (C=O) groups is 1. The van der Waals surface area contributed by atoms with Gasteiger partial charge in [-0.05, 0) is 24.3 Å². The number of halogens is 2. The highest BCUT2D eigenvalue weighted by Gasteiger charge is 2.25. The molecular formula is C19H14Cl2N4O2. The van der Waals surface area contributed by atoms with E-state index in [1.165, 1.54) is 7.11 Å². The summed E-state index contributed by atoms with van der Waals surface area (Å²) in [6.07, 6.45) is 0.00694. The molecule has 0 N–H and O–H groups in total. The van der Waals surface area contributed by atoms with Crippen molar-refractivity contribution in [2.45, 2.75) is 13.0 Å². The SMILES string of the molecule is COC(=O)Cc1nnc2n1-c1ccc(Cl)cc1C(c1ccccc1Cl)=NC2. The van der Waals surface area contributed by atoms with Crippen LogP contribution in [0.3, 0.4) is 0 Å². The van der Waals surface area contributed by atoms with E-state index in [0.717, 1.165) is 16.8 Å². The van der Waals surface area contributed by atoms with Crippen LogP contribution < -0.4 is 0 Å². The van der Waals surface area contributed by atoms with Crippen molar-refractivity contribution in [1.29, 1.82) is 0 Å². The van der Waals surface area contributed by atoms with Crippen LogP contribution in [0.1, 0.15) is 22.8 Å². The molecule has 0 atom stereocenters. The Balaban J connectivity index is 1.93. The number of nitrogens with zero attached hydrogens (tertiary/aromatic N) is 4. The van der Waals surface area contributed by atoms with Crippen molar-refractivity contribution in [3.05, 3.63) is 75.3 Å². The molecule has 3 aromatic rings. The Labute approximate surface area is 165 Å². The highest BCUT2D eigenvalue weighted by Crippen LogP contribution is 2.30. The van der Waals surface area contributed by atoms with E-state index in [4.69, 9.17) is 32.9 Å². The molecule has 136 valence electrons. The molecule has 0 amide bonds. The maximum absolute atomic E-state index is 11.8. The van der Waals surface area contributed by atoms with E-state index in [9.17, 15) is 4.79 Å². The minimum atomic E-state index is -0.391. The molecule has 0 bridgehead atoms. The molecule has 1 aliphatic heterocycles. The Morgan fingerprint density at radius 1 is 1.15 bits per heavy atom. The summed E-state index contributed by atoms with van der Waals surface area (Å²) in [6.45, 7) is 0.293. The van der Waals surface area contributed by atoms with Crippen molar-refractivity contribution in [2.75, 3.05) is 7.11 Å². The topological polar surface area (TPSA) is 69.4 Å². The molecule has 1 aromatic heterocycles. The van der Waals surface area contributed by atoms with E-state index in [2.05, 4.69) is 10.2 Å². The van der Waals surface area contributed by atoms with Crippen LogP contribution >= 0.6 is 23.2 Å². The average Bonchev–Trinajstić information content (AvgIpc) is 2.98. The maximum atomic E-state index is 11.8. The number of aromatic nitrogens is 3. The highest BCUT2D eigenvalue weighted by atomic mass is 35.5. The average molecular weight is 401 g/mol. The number of rotatable bonds is 3. The summed E-state index contributed by atoms with van der Waals surface area (Å²) < 4.78 is 6.60. The number of methoxy groups -OCH3 is 1. The molecule has 0 aliphatic carbocycles. The Morgan fingerprint density at radius 2 is 1.96 bits per heavy atom. The normalized spacial score (nSPS) is 12.6. The predicted molar refractivity (Wildman–Crippen MR) is 103 cm³/mol. The third kappa shape index (κ3) is 3.22. The second-order valence-corrected chi connectivity index (χ2v) is 6.77. The number of ether oxygens (including phenoxy) is 1. The van der Waals surface area contributed by atoms with Gasteiger partial charge in [-0.15, -0.1) is 10.2 Å². The van der Waals surface area contributed by atoms with Gasteiger partial charge in [-0.25, -0.2) is 0 Å². The fourth-order valence-electron chi connectivity index (χ4n) is 3.06. The van der Waals surface area contributed by atoms with E-state index in [0.29, 0.717) is 34.0 Å². The first-order valence-corrected chi connectivity index (χ1v) is 8.93. The van der Waals surface area contributed by atoms with Crippen LogP contribution in [0.2, 0.25) is 10.0 Å². The van der Waals surface area contributed by atoms with Crippen LogP contribution in [0.5, 0.6) is 0 Å². The molecule has 2 heterocycles. The molecule has 0 saturated carbocycles. The molecule has 0 unspecified atom stereocenters. The van der Waals surface area contributed by atoms with Crippen LogP contribution in [0.15, 0.2) is 47.5 Å². The maximum Gasteiger partial charge on any atom is 0.313 e. The molecule has 2 aromatic carbocycles. The van der Waals surface area contributed by atoms with E-state index in [1.807, 2.05) is 41.0 Å². The van der Waals surface area contributed by atoms with Crippen LogP contribution in [0.4, 0.5) is 0 Å². The summed E-state index contributed by atoms with van der Waals surface area (Å²) in [5, 5.41) is 9.52. The van der Waals surface area contributed by atoms with Gasteiger partial charge < -0.3 is 4.74 Å². The van der Waals surface area contributed by atoms with Gasteiger partial charge in [0.2, 0.25) is 0 Å². The summed E-state index contributed by atoms with van der Waals surface area (Å²) in [7, 11) is 1.34. The van der Waals surface area contributed by atoms with Crippen molar-refractivity contribution >= 4 is 34.9 Å². The molecule has 8 heteroatoms. The predicted octanol–water partition coefficient (Wildman–Crippen LogP) is 3.64. The summed E-state index contributed by atoms with van der Waals surface area (Å²) >= 11 is 12.7. The first-order chi connectivity index (χ1) is 13.1. The van der Waals surface area contributed by atoms with E-state index in [1.54, 1.807) is 6.07 Å². The van der Waals surface area contributed by atoms with Gasteiger partial charge in [-0.3, -0.25) is 14.4 Å². The van der Waals surface area contributed by atoms with Gasteiger partial charge in [0, 0.05) is 21.2 Å². The number of carbonyl (C=O) groups excluding carboxylic acids is 1. The molecule has 4 rings (SSSR count). The van der Waals surface area contributed by atoms with Crippen molar-refractivity contribution in [3.63, 3.8) is 0 Å². The molecule has 0 radical (unpaired) electrons. The Morgan fingerprint density at radius 3 is 2.74 bits per heavy atom. The lowest BCUT2D eigenvalue weighted by atomic mass is 10.0. The van der Waals surface area contributed by atoms with Crippen molar-refractivity contribution in [2.24, 2.45) is 4.99 Å². The molecular weight excluding hydrogens is 387 g/mol. The van der Waals surface area contributed by atoms with Crippen LogP contribution in [-0.4, -0.2) is 33.6 Å². The second kappa shape index (κ2) is 7.13. The highest BCUT2D eigenvalue weighted by molar-refractivity contribution is 6.36. The van der Waals surface area contributed by atoms with Gasteiger partial charge in [0.15, 0.2) is 5.82 Å². The van der Waals surface area contributed by atoms with Gasteiger partial charge >= 0.3 is 5.97 Å². The third-order valence-electron chi connectivity index (χ3n) is 4.29. The zero-order valence-electron chi connectivity index (χ0n) is 14.3. The minimum Gasteiger partial charge on any atom is -0.469 e. The zero-order valence-corrected chi connectivity index (χ0v) is 15.8. The third-order valence-corrected chi connectivity index (χ3v) is 4.85. The van der Waals surface area contributed by atoms with Gasteiger partial charge in [0.25, 0.3) is 0 Å². The summed E-state index contributed by atoms with van der Waals surface area (Å²) in [4.78, 5) is 16.5. The zero-order chi connectivity index (χ0) is 19.0. The van der Waals surface area contributed by atoms with Crippen molar-refractivity contribution in [3.8, 4) is 5.69 Å². The summed E-state index contributed by atoms with van der Waals surface area (Å²) in [5.74, 6) is 0.716. The molecule has 1 aliphatic rings. The lowest BCUT2D eigenvalue weighted by molar-refractivity contribution is -0.139. The van der Waals surface area contributed by atoms with Gasteiger partial charge in [0.05, 0.1) is 18.5 Å². The minimum absolute atomic E-state index is 0.00694. The quantitative estimate of drug-likeness (QED) is 0.629. The number of fused-ring (bicyclic) bond motifs is 3. The fourth-order valence-corrected chi connectivity index (χ4v) is 3.46. The lowest BCUT2D eigenvalue weighted by Crippen LogP contribution is -2.13. The Hall–Kier alpha value is -2.70. The van der Waals surface area contributed by atoms with E-state index >= 15 is 0 Å². The first kappa shape index (κ1) is 17.7. The Kier molecular flexibility index (Phi) is 4.68. The second-order valence-electron chi connectivity index (χ2n) is 5.93. The molecule has 27 heavy (non-hydrogen) atoms. The fraction of sp³-hybridized carbons (Fsp3) is 0.158. The number of hydrogen-bond donors (Lipinski definition) is 0. The van der Waals surface area contributed by atoms with Crippen LogP contribution in [-0.2, 0) is 22.5 Å². The van der Waals surface area contributed by atoms with Crippen molar-refractivity contribution < 1.29 is 9.53 Å².